The highest BCUT2D eigenvalue weighted by molar-refractivity contribution is 8.00. The summed E-state index contributed by atoms with van der Waals surface area (Å²) in [5.41, 5.74) is 10.6. The maximum Gasteiger partial charge on any atom is 0.303 e. The molecule has 1 aromatic heterocycles. The zero-order valence-electron chi connectivity index (χ0n) is 17.0. The lowest BCUT2D eigenvalue weighted by atomic mass is 9.98. The highest BCUT2D eigenvalue weighted by Crippen LogP contribution is 2.34. The number of aryl methyl sites for hydroxylation is 1. The summed E-state index contributed by atoms with van der Waals surface area (Å²) in [6.45, 7) is 0. The summed E-state index contributed by atoms with van der Waals surface area (Å²) >= 11 is 7.94. The summed E-state index contributed by atoms with van der Waals surface area (Å²) < 4.78 is 0. The summed E-state index contributed by atoms with van der Waals surface area (Å²) in [6, 6.07) is 19.8. The van der Waals surface area contributed by atoms with Gasteiger partial charge in [-0.1, -0.05) is 48.0 Å². The molecule has 4 N–H and O–H groups in total. The van der Waals surface area contributed by atoms with Gasteiger partial charge in [-0.2, -0.15) is 5.10 Å². The van der Waals surface area contributed by atoms with Crippen LogP contribution in [0.4, 0.5) is 0 Å². The van der Waals surface area contributed by atoms with Crippen molar-refractivity contribution in [3.8, 4) is 22.3 Å². The number of amides is 1. The van der Waals surface area contributed by atoms with Gasteiger partial charge in [-0.05, 0) is 41.0 Å². The number of thioether (sulfide) groups is 1. The van der Waals surface area contributed by atoms with Crippen LogP contribution < -0.4 is 5.73 Å². The van der Waals surface area contributed by atoms with Gasteiger partial charge in [0.1, 0.15) is 0 Å². The number of nitrogens with one attached hydrogen (secondary N) is 1. The van der Waals surface area contributed by atoms with Crippen LogP contribution in [0.3, 0.4) is 0 Å². The van der Waals surface area contributed by atoms with Crippen LogP contribution in [-0.4, -0.2) is 32.9 Å². The van der Waals surface area contributed by atoms with Gasteiger partial charge in [0.25, 0.3) is 0 Å². The molecule has 4 aromatic rings. The molecule has 32 heavy (non-hydrogen) atoms. The fraction of sp³-hybridized carbons (Fsp3) is 0.125. The number of aromatic nitrogens is 2. The van der Waals surface area contributed by atoms with Crippen LogP contribution in [0.25, 0.3) is 33.2 Å². The van der Waals surface area contributed by atoms with Crippen LogP contribution in [0.2, 0.25) is 5.02 Å². The van der Waals surface area contributed by atoms with Gasteiger partial charge in [-0.25, -0.2) is 0 Å². The predicted octanol–water partition coefficient (Wildman–Crippen LogP) is 5.14. The van der Waals surface area contributed by atoms with E-state index in [9.17, 15) is 9.59 Å². The Balaban J connectivity index is 1.58. The number of aromatic amines is 1. The fourth-order valence-electron chi connectivity index (χ4n) is 3.47. The molecule has 0 saturated heterocycles. The van der Waals surface area contributed by atoms with Crippen molar-refractivity contribution in [2.45, 2.75) is 17.7 Å². The van der Waals surface area contributed by atoms with E-state index in [4.69, 9.17) is 22.4 Å². The summed E-state index contributed by atoms with van der Waals surface area (Å²) in [5.74, 6) is -0.935. The molecule has 3 aromatic carbocycles. The normalized spacial score (nSPS) is 11.0. The molecule has 8 heteroatoms. The second kappa shape index (κ2) is 9.46. The van der Waals surface area contributed by atoms with E-state index >= 15 is 0 Å². The summed E-state index contributed by atoms with van der Waals surface area (Å²) in [7, 11) is 0. The molecule has 162 valence electrons. The number of nitrogens with zero attached hydrogens (tertiary/aromatic N) is 1. The SMILES string of the molecule is NC(=O)CSc1ccc(-c2ccc(-c3cc4c(CCC(=O)O)n[nH]c4cc3Cl)cc2)cc1. The lowest BCUT2D eigenvalue weighted by Crippen LogP contribution is -2.12. The highest BCUT2D eigenvalue weighted by atomic mass is 35.5. The van der Waals surface area contributed by atoms with Gasteiger partial charge in [-0.15, -0.1) is 11.8 Å². The number of rotatable bonds is 8. The smallest absolute Gasteiger partial charge is 0.303 e. The summed E-state index contributed by atoms with van der Waals surface area (Å²) in [4.78, 5) is 22.8. The van der Waals surface area contributed by atoms with Crippen LogP contribution in [0.5, 0.6) is 0 Å². The average Bonchev–Trinajstić information content (AvgIpc) is 3.17. The number of primary amides is 1. The standard InChI is InChI=1S/C24H20ClN3O3S/c25-20-12-22-19(21(27-28-22)9-10-24(30)31)11-18(20)16-3-1-14(2-4-16)15-5-7-17(8-6-15)32-13-23(26)29/h1-8,11-12H,9-10,13H2,(H2,26,29)(H,27,28)(H,30,31). The van der Waals surface area contributed by atoms with Crippen molar-refractivity contribution in [1.29, 1.82) is 0 Å². The molecular formula is C24H20ClN3O3S. The predicted molar refractivity (Wildman–Crippen MR) is 128 cm³/mol. The number of hydrogen-bond donors (Lipinski definition) is 3. The molecule has 0 saturated carbocycles. The Hall–Kier alpha value is -3.29. The lowest BCUT2D eigenvalue weighted by Gasteiger charge is -2.08. The molecule has 0 radical (unpaired) electrons. The molecule has 0 unspecified atom stereocenters. The van der Waals surface area contributed by atoms with Crippen molar-refractivity contribution in [3.63, 3.8) is 0 Å². The molecule has 4 rings (SSSR count). The first-order valence-corrected chi connectivity index (χ1v) is 11.3. The third kappa shape index (κ3) is 4.95. The number of carbonyl (C=O) groups is 2. The van der Waals surface area contributed by atoms with Crippen LogP contribution in [0.15, 0.2) is 65.6 Å². The van der Waals surface area contributed by atoms with Crippen LogP contribution in [-0.2, 0) is 16.0 Å². The summed E-state index contributed by atoms with van der Waals surface area (Å²) in [6.07, 6.45) is 0.371. The van der Waals surface area contributed by atoms with E-state index in [1.165, 1.54) is 11.8 Å². The Labute approximate surface area is 193 Å². The molecule has 6 nitrogen and oxygen atoms in total. The van der Waals surface area contributed by atoms with Crippen molar-refractivity contribution in [2.24, 2.45) is 5.73 Å². The fourth-order valence-corrected chi connectivity index (χ4v) is 4.38. The summed E-state index contributed by atoms with van der Waals surface area (Å²) in [5, 5.41) is 17.6. The first kappa shape index (κ1) is 21.9. The lowest BCUT2D eigenvalue weighted by molar-refractivity contribution is -0.137. The van der Waals surface area contributed by atoms with Crippen LogP contribution >= 0.6 is 23.4 Å². The molecule has 1 heterocycles. The topological polar surface area (TPSA) is 109 Å². The first-order chi connectivity index (χ1) is 15.4. The third-order valence-corrected chi connectivity index (χ3v) is 6.42. The van der Waals surface area contributed by atoms with E-state index in [0.717, 1.165) is 38.1 Å². The minimum atomic E-state index is -0.856. The Morgan fingerprint density at radius 3 is 2.25 bits per heavy atom. The number of benzene rings is 3. The molecule has 0 aliphatic heterocycles. The molecule has 1 amide bonds. The molecule has 0 bridgehead atoms. The molecule has 0 aliphatic rings. The van der Waals surface area contributed by atoms with Gasteiger partial charge in [-0.3, -0.25) is 14.7 Å². The Kier molecular flexibility index (Phi) is 6.48. The number of H-pyrrole nitrogens is 1. The van der Waals surface area contributed by atoms with E-state index in [1.54, 1.807) is 0 Å². The second-order valence-electron chi connectivity index (χ2n) is 7.30. The first-order valence-electron chi connectivity index (χ1n) is 9.91. The van der Waals surface area contributed by atoms with Gasteiger partial charge < -0.3 is 10.8 Å². The van der Waals surface area contributed by atoms with E-state index in [2.05, 4.69) is 10.2 Å². The zero-order valence-corrected chi connectivity index (χ0v) is 18.5. The van der Waals surface area contributed by atoms with Crippen LogP contribution in [0.1, 0.15) is 12.1 Å². The van der Waals surface area contributed by atoms with Gasteiger partial charge in [0.05, 0.1) is 28.4 Å². The largest absolute Gasteiger partial charge is 0.481 e. The van der Waals surface area contributed by atoms with Crippen molar-refractivity contribution >= 4 is 46.1 Å². The molecule has 0 atom stereocenters. The number of fused-ring (bicyclic) bond motifs is 1. The highest BCUT2D eigenvalue weighted by Gasteiger charge is 2.13. The monoisotopic (exact) mass is 465 g/mol. The van der Waals surface area contributed by atoms with Crippen molar-refractivity contribution in [3.05, 3.63) is 71.4 Å². The Morgan fingerprint density at radius 2 is 1.62 bits per heavy atom. The number of carboxylic acids is 1. The zero-order chi connectivity index (χ0) is 22.7. The number of nitrogens with two attached hydrogens (primary N) is 1. The Morgan fingerprint density at radius 1 is 1.00 bits per heavy atom. The van der Waals surface area contributed by atoms with Crippen molar-refractivity contribution in [2.75, 3.05) is 5.75 Å². The Bertz CT molecular complexity index is 1280. The number of halogens is 1. The number of hydrogen-bond acceptors (Lipinski definition) is 4. The number of carbonyl (C=O) groups excluding carboxylic acids is 1. The van der Waals surface area contributed by atoms with Gasteiger partial charge in [0, 0.05) is 22.3 Å². The molecule has 0 fully saturated rings. The quantitative estimate of drug-likeness (QED) is 0.312. The number of aliphatic carboxylic acids is 1. The van der Waals surface area contributed by atoms with Crippen LogP contribution in [0, 0.1) is 0 Å². The second-order valence-corrected chi connectivity index (χ2v) is 8.75. The molecule has 0 aliphatic carbocycles. The van der Waals surface area contributed by atoms with E-state index in [1.807, 2.05) is 60.7 Å². The van der Waals surface area contributed by atoms with Crippen molar-refractivity contribution < 1.29 is 14.7 Å². The maximum atomic E-state index is 10.9. The molecule has 0 spiro atoms. The third-order valence-electron chi connectivity index (χ3n) is 5.07. The molecular weight excluding hydrogens is 446 g/mol. The van der Waals surface area contributed by atoms with E-state index in [-0.39, 0.29) is 18.1 Å². The van der Waals surface area contributed by atoms with Gasteiger partial charge in [0.15, 0.2) is 0 Å². The average molecular weight is 466 g/mol. The van der Waals surface area contributed by atoms with E-state index < -0.39 is 5.97 Å². The van der Waals surface area contributed by atoms with Crippen molar-refractivity contribution in [1.82, 2.24) is 10.2 Å². The minimum absolute atomic E-state index is 0.0203. The maximum absolute atomic E-state index is 10.9. The van der Waals surface area contributed by atoms with Gasteiger partial charge >= 0.3 is 5.97 Å². The van der Waals surface area contributed by atoms with E-state index in [0.29, 0.717) is 17.1 Å². The number of carboxylic acid groups (broad SMARTS) is 1. The van der Waals surface area contributed by atoms with Gasteiger partial charge in [0.2, 0.25) is 5.91 Å². The minimum Gasteiger partial charge on any atom is -0.481 e.